The van der Waals surface area contributed by atoms with Gasteiger partial charge in [-0.15, -0.1) is 0 Å². The lowest BCUT2D eigenvalue weighted by Crippen LogP contribution is -2.23. The average molecular weight is 224 g/mol. The molecule has 7 heteroatoms. The molecule has 0 saturated carbocycles. The Morgan fingerprint density at radius 3 is 2.44 bits per heavy atom. The molecule has 1 atom stereocenters. The van der Waals surface area contributed by atoms with Gasteiger partial charge in [0.2, 0.25) is 0 Å². The second-order valence-corrected chi connectivity index (χ2v) is 3.13. The monoisotopic (exact) mass is 224 g/mol. The van der Waals surface area contributed by atoms with Crippen molar-refractivity contribution in [3.8, 4) is 0 Å². The van der Waals surface area contributed by atoms with Gasteiger partial charge in [-0.3, -0.25) is 15.1 Å². The van der Waals surface area contributed by atoms with Crippen LogP contribution in [-0.2, 0) is 0 Å². The number of non-ortho nitro benzene ring substituents is 1. The van der Waals surface area contributed by atoms with Gasteiger partial charge in [-0.25, -0.2) is 0 Å². The summed E-state index contributed by atoms with van der Waals surface area (Å²) in [6.45, 7) is 0.0279. The largest absolute Gasteiger partial charge is 0.386 e. The van der Waals surface area contributed by atoms with Crippen molar-refractivity contribution in [2.75, 3.05) is 6.54 Å². The average Bonchev–Trinajstić information content (AvgIpc) is 2.26. The van der Waals surface area contributed by atoms with Gasteiger partial charge >= 0.3 is 0 Å². The zero-order valence-corrected chi connectivity index (χ0v) is 8.41. The topological polar surface area (TPSA) is 128 Å². The van der Waals surface area contributed by atoms with Crippen molar-refractivity contribution in [3.05, 3.63) is 39.9 Å². The van der Waals surface area contributed by atoms with Crippen molar-refractivity contribution in [2.45, 2.75) is 6.10 Å². The zero-order valence-electron chi connectivity index (χ0n) is 8.41. The molecule has 0 bridgehead atoms. The Kier molecular flexibility index (Phi) is 3.78. The molecule has 86 valence electrons. The van der Waals surface area contributed by atoms with Gasteiger partial charge in [0.25, 0.3) is 5.69 Å². The van der Waals surface area contributed by atoms with Crippen LogP contribution >= 0.6 is 0 Å². The zero-order chi connectivity index (χ0) is 12.1. The first-order chi connectivity index (χ1) is 7.50. The van der Waals surface area contributed by atoms with Crippen molar-refractivity contribution >= 4 is 11.6 Å². The van der Waals surface area contributed by atoms with Crippen LogP contribution in [-0.4, -0.2) is 22.5 Å². The van der Waals surface area contributed by atoms with Gasteiger partial charge in [0, 0.05) is 12.1 Å². The summed E-state index contributed by atoms with van der Waals surface area (Å²) in [6.07, 6.45) is -0.872. The van der Waals surface area contributed by atoms with E-state index in [2.05, 4.69) is 4.99 Å². The second-order valence-electron chi connectivity index (χ2n) is 3.13. The molecular weight excluding hydrogens is 212 g/mol. The Morgan fingerprint density at radius 2 is 2.00 bits per heavy atom. The number of aliphatic imine (C=N–C) groups is 1. The van der Waals surface area contributed by atoms with Crippen molar-refractivity contribution in [1.29, 1.82) is 0 Å². The highest BCUT2D eigenvalue weighted by molar-refractivity contribution is 5.75. The number of nitro benzene ring substituents is 1. The van der Waals surface area contributed by atoms with E-state index in [0.717, 1.165) is 0 Å². The third kappa shape index (κ3) is 3.21. The maximum absolute atomic E-state index is 10.4. The van der Waals surface area contributed by atoms with Gasteiger partial charge in [0.05, 0.1) is 17.6 Å². The maximum Gasteiger partial charge on any atom is 0.269 e. The molecular formula is C9H12N4O3. The Morgan fingerprint density at radius 1 is 1.44 bits per heavy atom. The van der Waals surface area contributed by atoms with Gasteiger partial charge < -0.3 is 16.6 Å². The van der Waals surface area contributed by atoms with Crippen LogP contribution < -0.4 is 11.5 Å². The first-order valence-corrected chi connectivity index (χ1v) is 4.48. The normalized spacial score (nSPS) is 11.8. The Bertz CT molecular complexity index is 398. The van der Waals surface area contributed by atoms with E-state index in [1.54, 1.807) is 0 Å². The minimum atomic E-state index is -0.872. The molecule has 0 aromatic heterocycles. The molecule has 1 aromatic rings. The van der Waals surface area contributed by atoms with Crippen LogP contribution in [0.5, 0.6) is 0 Å². The highest BCUT2D eigenvalue weighted by atomic mass is 16.6. The molecule has 0 radical (unpaired) electrons. The lowest BCUT2D eigenvalue weighted by atomic mass is 10.1. The number of aliphatic hydroxyl groups is 1. The molecule has 1 rings (SSSR count). The van der Waals surface area contributed by atoms with Crippen molar-refractivity contribution < 1.29 is 10.0 Å². The molecule has 0 aliphatic rings. The van der Waals surface area contributed by atoms with Crippen LogP contribution in [0.25, 0.3) is 0 Å². The van der Waals surface area contributed by atoms with Gasteiger partial charge in [-0.1, -0.05) is 0 Å². The quantitative estimate of drug-likeness (QED) is 0.285. The number of hydrogen-bond donors (Lipinski definition) is 3. The molecule has 0 saturated heterocycles. The van der Waals surface area contributed by atoms with E-state index in [4.69, 9.17) is 11.5 Å². The van der Waals surface area contributed by atoms with Crippen molar-refractivity contribution in [3.63, 3.8) is 0 Å². The van der Waals surface area contributed by atoms with Gasteiger partial charge in [-0.05, 0) is 17.7 Å². The third-order valence-corrected chi connectivity index (χ3v) is 1.94. The predicted molar refractivity (Wildman–Crippen MR) is 58.7 cm³/mol. The van der Waals surface area contributed by atoms with Crippen molar-refractivity contribution in [1.82, 2.24) is 0 Å². The first kappa shape index (κ1) is 11.9. The Labute approximate surface area is 91.5 Å². The third-order valence-electron chi connectivity index (χ3n) is 1.94. The van der Waals surface area contributed by atoms with Crippen LogP contribution in [0.1, 0.15) is 11.7 Å². The first-order valence-electron chi connectivity index (χ1n) is 4.48. The number of nitrogens with zero attached hydrogens (tertiary/aromatic N) is 2. The van der Waals surface area contributed by atoms with Crippen LogP contribution in [0.4, 0.5) is 5.69 Å². The van der Waals surface area contributed by atoms with E-state index in [0.29, 0.717) is 5.56 Å². The van der Waals surface area contributed by atoms with E-state index in [9.17, 15) is 15.2 Å². The Balaban J connectivity index is 2.74. The molecule has 1 unspecified atom stereocenters. The van der Waals surface area contributed by atoms with E-state index >= 15 is 0 Å². The summed E-state index contributed by atoms with van der Waals surface area (Å²) in [6, 6.07) is 5.55. The lowest BCUT2D eigenvalue weighted by molar-refractivity contribution is -0.384. The fourth-order valence-electron chi connectivity index (χ4n) is 1.12. The molecule has 0 fully saturated rings. The van der Waals surface area contributed by atoms with E-state index in [-0.39, 0.29) is 18.2 Å². The smallest absolute Gasteiger partial charge is 0.269 e. The number of benzene rings is 1. The fourth-order valence-corrected chi connectivity index (χ4v) is 1.12. The number of guanidine groups is 1. The SMILES string of the molecule is NC(N)=NCC(O)c1ccc([N+](=O)[O-])cc1. The standard InChI is InChI=1S/C9H12N4O3/c10-9(11)12-5-8(14)6-1-3-7(4-2-6)13(15)16/h1-4,8,14H,5H2,(H4,10,11,12). The maximum atomic E-state index is 10.4. The van der Waals surface area contributed by atoms with Crippen LogP contribution in [0, 0.1) is 10.1 Å². The molecule has 0 heterocycles. The molecule has 0 aliphatic heterocycles. The van der Waals surface area contributed by atoms with Crippen molar-refractivity contribution in [2.24, 2.45) is 16.5 Å². The number of rotatable bonds is 4. The summed E-state index contributed by atoms with van der Waals surface area (Å²) in [5.74, 6) is -0.110. The van der Waals surface area contributed by atoms with Gasteiger partial charge in [0.1, 0.15) is 0 Å². The minimum absolute atomic E-state index is 0.0279. The number of nitrogens with two attached hydrogens (primary N) is 2. The Hall–Kier alpha value is -2.15. The summed E-state index contributed by atoms with van der Waals surface area (Å²) < 4.78 is 0. The molecule has 7 nitrogen and oxygen atoms in total. The molecule has 0 spiro atoms. The number of hydrogen-bond acceptors (Lipinski definition) is 4. The summed E-state index contributed by atoms with van der Waals surface area (Å²) in [5.41, 5.74) is 10.7. The van der Waals surface area contributed by atoms with E-state index in [1.807, 2.05) is 0 Å². The minimum Gasteiger partial charge on any atom is -0.386 e. The summed E-state index contributed by atoms with van der Waals surface area (Å²) in [4.78, 5) is 13.5. The van der Waals surface area contributed by atoms with Gasteiger partial charge in [0.15, 0.2) is 5.96 Å². The lowest BCUT2D eigenvalue weighted by Gasteiger charge is -2.07. The number of nitro groups is 1. The number of aliphatic hydroxyl groups excluding tert-OH is 1. The summed E-state index contributed by atoms with van der Waals surface area (Å²) >= 11 is 0. The molecule has 16 heavy (non-hydrogen) atoms. The molecule has 0 amide bonds. The highest BCUT2D eigenvalue weighted by Gasteiger charge is 2.09. The summed E-state index contributed by atoms with van der Waals surface area (Å²) in [7, 11) is 0. The molecule has 0 aliphatic carbocycles. The fraction of sp³-hybridized carbons (Fsp3) is 0.222. The summed E-state index contributed by atoms with van der Waals surface area (Å²) in [5, 5.41) is 20.0. The van der Waals surface area contributed by atoms with Gasteiger partial charge in [-0.2, -0.15) is 0 Å². The highest BCUT2D eigenvalue weighted by Crippen LogP contribution is 2.17. The van der Waals surface area contributed by atoms with E-state index in [1.165, 1.54) is 24.3 Å². The van der Waals surface area contributed by atoms with Crippen LogP contribution in [0.15, 0.2) is 29.3 Å². The molecule has 1 aromatic carbocycles. The van der Waals surface area contributed by atoms with E-state index < -0.39 is 11.0 Å². The molecule has 5 N–H and O–H groups in total. The second kappa shape index (κ2) is 5.08. The predicted octanol–water partition coefficient (Wildman–Crippen LogP) is -0.0984. The van der Waals surface area contributed by atoms with Crippen LogP contribution in [0.2, 0.25) is 0 Å². The van der Waals surface area contributed by atoms with Crippen LogP contribution in [0.3, 0.4) is 0 Å².